The van der Waals surface area contributed by atoms with Gasteiger partial charge in [-0.1, -0.05) is 0 Å². The first-order chi connectivity index (χ1) is 10.9. The molecule has 0 bridgehead atoms. The van der Waals surface area contributed by atoms with Crippen LogP contribution >= 0.6 is 11.3 Å². The SMILES string of the molecule is CN=C(NCc1nc(C(F)(F)F)cs1)N(C)CC(=O)NC(C)(C)C. The molecule has 0 radical (unpaired) electrons. The summed E-state index contributed by atoms with van der Waals surface area (Å²) in [4.78, 5) is 21.0. The maximum Gasteiger partial charge on any atom is 0.434 e. The van der Waals surface area contributed by atoms with E-state index in [0.717, 1.165) is 16.7 Å². The largest absolute Gasteiger partial charge is 0.434 e. The number of guanidine groups is 1. The first-order valence-corrected chi connectivity index (χ1v) is 8.04. The Kier molecular flexibility index (Phi) is 6.58. The zero-order valence-electron chi connectivity index (χ0n) is 14.3. The molecule has 0 aliphatic rings. The van der Waals surface area contributed by atoms with Crippen LogP contribution in [0.15, 0.2) is 10.4 Å². The highest BCUT2D eigenvalue weighted by Crippen LogP contribution is 2.29. The van der Waals surface area contributed by atoms with Crippen molar-refractivity contribution in [3.8, 4) is 0 Å². The summed E-state index contributed by atoms with van der Waals surface area (Å²) >= 11 is 0.916. The maximum absolute atomic E-state index is 12.5. The van der Waals surface area contributed by atoms with Crippen LogP contribution in [0.2, 0.25) is 0 Å². The van der Waals surface area contributed by atoms with Gasteiger partial charge in [0.1, 0.15) is 5.01 Å². The third kappa shape index (κ3) is 6.73. The van der Waals surface area contributed by atoms with Gasteiger partial charge in [0.15, 0.2) is 11.7 Å². The molecule has 24 heavy (non-hydrogen) atoms. The third-order valence-electron chi connectivity index (χ3n) is 2.71. The predicted octanol–water partition coefficient (Wildman–Crippen LogP) is 2.08. The predicted molar refractivity (Wildman–Crippen MR) is 87.8 cm³/mol. The first-order valence-electron chi connectivity index (χ1n) is 7.17. The molecule has 0 saturated carbocycles. The van der Waals surface area contributed by atoms with Gasteiger partial charge in [-0.05, 0) is 20.8 Å². The van der Waals surface area contributed by atoms with Crippen molar-refractivity contribution in [2.24, 2.45) is 4.99 Å². The Morgan fingerprint density at radius 3 is 2.46 bits per heavy atom. The molecule has 0 fully saturated rings. The van der Waals surface area contributed by atoms with Crippen LogP contribution in [0.3, 0.4) is 0 Å². The van der Waals surface area contributed by atoms with E-state index in [9.17, 15) is 18.0 Å². The van der Waals surface area contributed by atoms with Crippen LogP contribution in [-0.2, 0) is 17.5 Å². The van der Waals surface area contributed by atoms with E-state index in [-0.39, 0.29) is 29.5 Å². The van der Waals surface area contributed by atoms with E-state index in [2.05, 4.69) is 20.6 Å². The fourth-order valence-electron chi connectivity index (χ4n) is 1.81. The maximum atomic E-state index is 12.5. The number of likely N-dealkylation sites (N-methyl/N-ethyl adjacent to an activating group) is 1. The van der Waals surface area contributed by atoms with E-state index >= 15 is 0 Å². The summed E-state index contributed by atoms with van der Waals surface area (Å²) in [5.41, 5.74) is -1.25. The highest BCUT2D eigenvalue weighted by atomic mass is 32.1. The van der Waals surface area contributed by atoms with Gasteiger partial charge in [-0.25, -0.2) is 4.98 Å². The Labute approximate surface area is 143 Å². The molecule has 0 spiro atoms. The normalized spacial score (nSPS) is 12.9. The highest BCUT2D eigenvalue weighted by Gasteiger charge is 2.33. The molecule has 0 saturated heterocycles. The Balaban J connectivity index is 2.58. The number of aromatic nitrogens is 1. The Bertz CT molecular complexity index is 592. The smallest absolute Gasteiger partial charge is 0.350 e. The van der Waals surface area contributed by atoms with Crippen molar-refractivity contribution in [2.75, 3.05) is 20.6 Å². The number of hydrogen-bond acceptors (Lipinski definition) is 4. The number of nitrogens with one attached hydrogen (secondary N) is 2. The third-order valence-corrected chi connectivity index (χ3v) is 3.56. The lowest BCUT2D eigenvalue weighted by atomic mass is 10.1. The number of thiazole rings is 1. The van der Waals surface area contributed by atoms with Gasteiger partial charge < -0.3 is 15.5 Å². The molecule has 1 heterocycles. The molecule has 0 unspecified atom stereocenters. The van der Waals surface area contributed by atoms with E-state index < -0.39 is 11.9 Å². The van der Waals surface area contributed by atoms with Gasteiger partial charge in [0.05, 0.1) is 13.1 Å². The Hall–Kier alpha value is -1.84. The minimum absolute atomic E-state index is 0.0720. The average Bonchev–Trinajstić information content (AvgIpc) is 2.85. The fraction of sp³-hybridized carbons (Fsp3) is 0.643. The van der Waals surface area contributed by atoms with Gasteiger partial charge in [-0.2, -0.15) is 13.2 Å². The number of nitrogens with zero attached hydrogens (tertiary/aromatic N) is 3. The van der Waals surface area contributed by atoms with Crippen molar-refractivity contribution >= 4 is 23.2 Å². The Morgan fingerprint density at radius 2 is 2.00 bits per heavy atom. The number of rotatable bonds is 4. The van der Waals surface area contributed by atoms with Crippen LogP contribution in [0.4, 0.5) is 13.2 Å². The number of carbonyl (C=O) groups excluding carboxylic acids is 1. The molecule has 1 aromatic heterocycles. The van der Waals surface area contributed by atoms with Gasteiger partial charge >= 0.3 is 6.18 Å². The monoisotopic (exact) mass is 365 g/mol. The molecular weight excluding hydrogens is 343 g/mol. The quantitative estimate of drug-likeness (QED) is 0.633. The minimum Gasteiger partial charge on any atom is -0.350 e. The number of halogens is 3. The molecule has 1 rings (SSSR count). The average molecular weight is 365 g/mol. The fourth-order valence-corrected chi connectivity index (χ4v) is 2.55. The van der Waals surface area contributed by atoms with Gasteiger partial charge in [-0.3, -0.25) is 9.79 Å². The van der Waals surface area contributed by atoms with Crippen LogP contribution in [0.5, 0.6) is 0 Å². The summed E-state index contributed by atoms with van der Waals surface area (Å²) in [6.45, 7) is 5.79. The van der Waals surface area contributed by atoms with E-state index in [0.29, 0.717) is 5.96 Å². The van der Waals surface area contributed by atoms with Gasteiger partial charge in [0.25, 0.3) is 0 Å². The molecular formula is C14H22F3N5OS. The number of aliphatic imine (C=N–C) groups is 1. The molecule has 136 valence electrons. The summed E-state index contributed by atoms with van der Waals surface area (Å²) in [7, 11) is 3.20. The zero-order valence-corrected chi connectivity index (χ0v) is 15.1. The van der Waals surface area contributed by atoms with Crippen molar-refractivity contribution in [3.05, 3.63) is 16.1 Å². The lowest BCUT2D eigenvalue weighted by molar-refractivity contribution is -0.140. The second-order valence-corrected chi connectivity index (χ2v) is 7.12. The summed E-state index contributed by atoms with van der Waals surface area (Å²) in [5, 5.41) is 6.98. The van der Waals surface area contributed by atoms with E-state index in [1.54, 1.807) is 11.9 Å². The van der Waals surface area contributed by atoms with Gasteiger partial charge in [0, 0.05) is 25.0 Å². The lowest BCUT2D eigenvalue weighted by Gasteiger charge is -2.25. The number of amides is 1. The lowest BCUT2D eigenvalue weighted by Crippen LogP contribution is -2.48. The van der Waals surface area contributed by atoms with Crippen LogP contribution < -0.4 is 10.6 Å². The van der Waals surface area contributed by atoms with Crippen molar-refractivity contribution in [2.45, 2.75) is 39.0 Å². The summed E-state index contributed by atoms with van der Waals surface area (Å²) in [6, 6.07) is 0. The summed E-state index contributed by atoms with van der Waals surface area (Å²) in [5.74, 6) is 0.212. The molecule has 1 amide bonds. The standard InChI is InChI=1S/C14H22F3N5OS/c1-13(2,3)21-10(23)7-22(5)12(18-4)19-6-11-20-9(8-24-11)14(15,16)17/h8H,6-7H2,1-5H3,(H,18,19)(H,21,23). The molecule has 0 aliphatic carbocycles. The van der Waals surface area contributed by atoms with E-state index in [1.165, 1.54) is 7.05 Å². The molecule has 0 atom stereocenters. The number of alkyl halides is 3. The van der Waals surface area contributed by atoms with Crippen molar-refractivity contribution < 1.29 is 18.0 Å². The van der Waals surface area contributed by atoms with Crippen LogP contribution in [0.1, 0.15) is 31.5 Å². The van der Waals surface area contributed by atoms with Gasteiger partial charge in [0.2, 0.25) is 5.91 Å². The minimum atomic E-state index is -4.45. The highest BCUT2D eigenvalue weighted by molar-refractivity contribution is 7.09. The summed E-state index contributed by atoms with van der Waals surface area (Å²) < 4.78 is 37.6. The van der Waals surface area contributed by atoms with E-state index in [1.807, 2.05) is 20.8 Å². The molecule has 0 aliphatic heterocycles. The molecule has 10 heteroatoms. The van der Waals surface area contributed by atoms with Crippen molar-refractivity contribution in [3.63, 3.8) is 0 Å². The van der Waals surface area contributed by atoms with Gasteiger partial charge in [-0.15, -0.1) is 11.3 Å². The van der Waals surface area contributed by atoms with Crippen molar-refractivity contribution in [1.29, 1.82) is 0 Å². The van der Waals surface area contributed by atoms with Crippen LogP contribution in [-0.4, -0.2) is 47.9 Å². The molecule has 6 nitrogen and oxygen atoms in total. The van der Waals surface area contributed by atoms with E-state index in [4.69, 9.17) is 0 Å². The number of hydrogen-bond donors (Lipinski definition) is 2. The van der Waals surface area contributed by atoms with Crippen molar-refractivity contribution in [1.82, 2.24) is 20.5 Å². The summed E-state index contributed by atoms with van der Waals surface area (Å²) in [6.07, 6.45) is -4.45. The van der Waals surface area contributed by atoms with Crippen LogP contribution in [0, 0.1) is 0 Å². The second kappa shape index (κ2) is 7.82. The molecule has 1 aromatic rings. The molecule has 0 aromatic carbocycles. The van der Waals surface area contributed by atoms with Crippen LogP contribution in [0.25, 0.3) is 0 Å². The topological polar surface area (TPSA) is 69.6 Å². The first kappa shape index (κ1) is 20.2. The number of carbonyl (C=O) groups is 1. The Morgan fingerprint density at radius 1 is 1.38 bits per heavy atom. The second-order valence-electron chi connectivity index (χ2n) is 6.18. The molecule has 2 N–H and O–H groups in total. The zero-order chi connectivity index (χ0) is 18.5.